The van der Waals surface area contributed by atoms with Crippen LogP contribution in [0.5, 0.6) is 23.0 Å². The zero-order chi connectivity index (χ0) is 24.5. The van der Waals surface area contributed by atoms with Crippen molar-refractivity contribution in [3.8, 4) is 23.0 Å². The highest BCUT2D eigenvalue weighted by Crippen LogP contribution is 2.29. The van der Waals surface area contributed by atoms with E-state index < -0.39 is 0 Å². The molecule has 2 nitrogen and oxygen atoms in total. The van der Waals surface area contributed by atoms with Gasteiger partial charge < -0.3 is 9.47 Å². The standard InChI is InChI=1S/C33H36O2/c1-4-8-26-14-18-30(19-15-26)34-32-12-6-10-28(23-32)22-25(3)29-11-7-13-33(24-29)35-31-20-16-27(9-5-2)17-21-31/h6-7,10-21,23-25H,4-5,8-9,22H2,1-3H3. The van der Waals surface area contributed by atoms with Crippen LogP contribution >= 0.6 is 0 Å². The minimum Gasteiger partial charge on any atom is -0.457 e. The summed E-state index contributed by atoms with van der Waals surface area (Å²) in [5.41, 5.74) is 5.22. The first-order valence-corrected chi connectivity index (χ1v) is 12.9. The van der Waals surface area contributed by atoms with E-state index in [4.69, 9.17) is 9.47 Å². The van der Waals surface area contributed by atoms with Crippen molar-refractivity contribution >= 4 is 0 Å². The third kappa shape index (κ3) is 7.23. The molecule has 0 fully saturated rings. The van der Waals surface area contributed by atoms with E-state index in [2.05, 4.69) is 106 Å². The fourth-order valence-electron chi connectivity index (χ4n) is 4.39. The fraction of sp³-hybridized carbons (Fsp3) is 0.273. The van der Waals surface area contributed by atoms with Gasteiger partial charge in [-0.05, 0) is 96.0 Å². The molecular weight excluding hydrogens is 428 g/mol. The van der Waals surface area contributed by atoms with E-state index in [1.54, 1.807) is 0 Å². The lowest BCUT2D eigenvalue weighted by Crippen LogP contribution is -1.99. The normalized spacial score (nSPS) is 11.7. The van der Waals surface area contributed by atoms with Crippen molar-refractivity contribution < 1.29 is 9.47 Å². The van der Waals surface area contributed by atoms with E-state index in [0.717, 1.165) is 55.1 Å². The third-order valence-corrected chi connectivity index (χ3v) is 6.26. The Kier molecular flexibility index (Phi) is 8.62. The monoisotopic (exact) mass is 464 g/mol. The first-order chi connectivity index (χ1) is 17.1. The predicted molar refractivity (Wildman–Crippen MR) is 146 cm³/mol. The van der Waals surface area contributed by atoms with Crippen molar-refractivity contribution in [1.29, 1.82) is 0 Å². The average molecular weight is 465 g/mol. The van der Waals surface area contributed by atoms with Gasteiger partial charge in [-0.2, -0.15) is 0 Å². The van der Waals surface area contributed by atoms with Crippen molar-refractivity contribution in [1.82, 2.24) is 0 Å². The second kappa shape index (κ2) is 12.3. The molecule has 0 amide bonds. The molecule has 0 N–H and O–H groups in total. The molecular formula is C33H36O2. The summed E-state index contributed by atoms with van der Waals surface area (Å²) in [6, 6.07) is 33.7. The van der Waals surface area contributed by atoms with Crippen LogP contribution in [0.1, 0.15) is 61.8 Å². The molecule has 2 heteroatoms. The van der Waals surface area contributed by atoms with Crippen LogP contribution in [0.15, 0.2) is 97.1 Å². The van der Waals surface area contributed by atoms with Crippen LogP contribution in [0, 0.1) is 0 Å². The fourth-order valence-corrected chi connectivity index (χ4v) is 4.39. The lowest BCUT2D eigenvalue weighted by molar-refractivity contribution is 0.480. The van der Waals surface area contributed by atoms with Gasteiger partial charge in [0, 0.05) is 0 Å². The maximum Gasteiger partial charge on any atom is 0.127 e. The van der Waals surface area contributed by atoms with Crippen LogP contribution in [0.4, 0.5) is 0 Å². The number of rotatable bonds is 11. The first-order valence-electron chi connectivity index (χ1n) is 12.9. The minimum absolute atomic E-state index is 0.356. The summed E-state index contributed by atoms with van der Waals surface area (Å²) in [5, 5.41) is 0. The number of benzene rings is 4. The first kappa shape index (κ1) is 24.6. The molecule has 0 heterocycles. The quantitative estimate of drug-likeness (QED) is 0.220. The lowest BCUT2D eigenvalue weighted by Gasteiger charge is -2.15. The van der Waals surface area contributed by atoms with Gasteiger partial charge in [0.1, 0.15) is 23.0 Å². The van der Waals surface area contributed by atoms with Crippen molar-refractivity contribution in [2.45, 2.75) is 58.8 Å². The van der Waals surface area contributed by atoms with Crippen molar-refractivity contribution in [3.05, 3.63) is 119 Å². The summed E-state index contributed by atoms with van der Waals surface area (Å²) >= 11 is 0. The third-order valence-electron chi connectivity index (χ3n) is 6.26. The van der Waals surface area contributed by atoms with Gasteiger partial charge in [0.15, 0.2) is 0 Å². The smallest absolute Gasteiger partial charge is 0.127 e. The molecule has 0 saturated heterocycles. The molecule has 0 bridgehead atoms. The molecule has 4 rings (SSSR count). The van der Waals surface area contributed by atoms with Gasteiger partial charge in [0.05, 0.1) is 0 Å². The van der Waals surface area contributed by atoms with Crippen molar-refractivity contribution in [2.24, 2.45) is 0 Å². The molecule has 4 aromatic carbocycles. The SMILES string of the molecule is CCCc1ccc(Oc2cccc(CC(C)c3cccc(Oc4ccc(CCC)cc4)c3)c2)cc1. The Bertz CT molecular complexity index is 1190. The van der Waals surface area contributed by atoms with Crippen molar-refractivity contribution in [3.63, 3.8) is 0 Å². The Morgan fingerprint density at radius 2 is 1.06 bits per heavy atom. The summed E-state index contributed by atoms with van der Waals surface area (Å²) in [6.07, 6.45) is 5.45. The molecule has 180 valence electrons. The van der Waals surface area contributed by atoms with Crippen LogP contribution < -0.4 is 9.47 Å². The van der Waals surface area contributed by atoms with Gasteiger partial charge in [-0.3, -0.25) is 0 Å². The highest BCUT2D eigenvalue weighted by molar-refractivity contribution is 5.39. The van der Waals surface area contributed by atoms with Crippen LogP contribution in [0.3, 0.4) is 0 Å². The van der Waals surface area contributed by atoms with E-state index in [9.17, 15) is 0 Å². The highest BCUT2D eigenvalue weighted by Gasteiger charge is 2.10. The zero-order valence-corrected chi connectivity index (χ0v) is 21.2. The Balaban J connectivity index is 1.39. The summed E-state index contributed by atoms with van der Waals surface area (Å²) in [5.74, 6) is 3.86. The zero-order valence-electron chi connectivity index (χ0n) is 21.2. The molecule has 0 radical (unpaired) electrons. The number of hydrogen-bond donors (Lipinski definition) is 0. The molecule has 0 aliphatic carbocycles. The Morgan fingerprint density at radius 3 is 1.60 bits per heavy atom. The summed E-state index contributed by atoms with van der Waals surface area (Å²) in [7, 11) is 0. The molecule has 0 aromatic heterocycles. The second-order valence-corrected chi connectivity index (χ2v) is 9.32. The maximum absolute atomic E-state index is 6.14. The second-order valence-electron chi connectivity index (χ2n) is 9.32. The van der Waals surface area contributed by atoms with Gasteiger partial charge in [-0.1, -0.05) is 82.1 Å². The molecule has 0 aliphatic heterocycles. The molecule has 35 heavy (non-hydrogen) atoms. The lowest BCUT2D eigenvalue weighted by atomic mass is 9.93. The van der Waals surface area contributed by atoms with Gasteiger partial charge in [0.2, 0.25) is 0 Å². The molecule has 1 unspecified atom stereocenters. The average Bonchev–Trinajstić information content (AvgIpc) is 2.87. The Hall–Kier alpha value is -3.52. The number of ether oxygens (including phenoxy) is 2. The van der Waals surface area contributed by atoms with Gasteiger partial charge in [-0.15, -0.1) is 0 Å². The molecule has 1 atom stereocenters. The van der Waals surface area contributed by atoms with E-state index >= 15 is 0 Å². The van der Waals surface area contributed by atoms with E-state index in [-0.39, 0.29) is 0 Å². The molecule has 4 aromatic rings. The van der Waals surface area contributed by atoms with Crippen LogP contribution in [-0.2, 0) is 19.3 Å². The van der Waals surface area contributed by atoms with Crippen LogP contribution in [0.25, 0.3) is 0 Å². The molecule has 0 aliphatic rings. The molecule has 0 saturated carbocycles. The van der Waals surface area contributed by atoms with Gasteiger partial charge in [0.25, 0.3) is 0 Å². The number of hydrogen-bond acceptors (Lipinski definition) is 2. The number of aryl methyl sites for hydroxylation is 2. The van der Waals surface area contributed by atoms with Crippen LogP contribution in [-0.4, -0.2) is 0 Å². The summed E-state index contributed by atoms with van der Waals surface area (Å²) in [6.45, 7) is 6.66. The Morgan fingerprint density at radius 1 is 0.543 bits per heavy atom. The van der Waals surface area contributed by atoms with E-state index in [1.165, 1.54) is 22.3 Å². The van der Waals surface area contributed by atoms with Gasteiger partial charge >= 0.3 is 0 Å². The van der Waals surface area contributed by atoms with Crippen LogP contribution in [0.2, 0.25) is 0 Å². The van der Waals surface area contributed by atoms with E-state index in [1.807, 2.05) is 12.1 Å². The predicted octanol–water partition coefficient (Wildman–Crippen LogP) is 9.52. The maximum atomic E-state index is 6.14. The van der Waals surface area contributed by atoms with Gasteiger partial charge in [-0.25, -0.2) is 0 Å². The molecule has 0 spiro atoms. The van der Waals surface area contributed by atoms with Crippen molar-refractivity contribution in [2.75, 3.05) is 0 Å². The topological polar surface area (TPSA) is 18.5 Å². The van der Waals surface area contributed by atoms with E-state index in [0.29, 0.717) is 5.92 Å². The highest BCUT2D eigenvalue weighted by atomic mass is 16.5. The summed E-state index contributed by atoms with van der Waals surface area (Å²) < 4.78 is 12.3. The largest absolute Gasteiger partial charge is 0.457 e. The minimum atomic E-state index is 0.356. The Labute approximate surface area is 210 Å². The summed E-state index contributed by atoms with van der Waals surface area (Å²) in [4.78, 5) is 0.